The normalized spacial score (nSPS) is 24.0. The SMILES string of the molecule is [CH2]C1(C(=O)N2CCOCC2)CCN(S(=O)(=O)CCC)CC1. The highest BCUT2D eigenvalue weighted by molar-refractivity contribution is 7.89. The Hall–Kier alpha value is -0.660. The summed E-state index contributed by atoms with van der Waals surface area (Å²) in [7, 11) is -3.17. The predicted molar refractivity (Wildman–Crippen MR) is 80.1 cm³/mol. The molecule has 2 aliphatic heterocycles. The molecule has 2 rings (SSSR count). The van der Waals surface area contributed by atoms with Gasteiger partial charge in [0.15, 0.2) is 0 Å². The number of piperidine rings is 1. The van der Waals surface area contributed by atoms with Gasteiger partial charge in [0, 0.05) is 26.2 Å². The van der Waals surface area contributed by atoms with Crippen molar-refractivity contribution < 1.29 is 17.9 Å². The highest BCUT2D eigenvalue weighted by Crippen LogP contribution is 2.34. The van der Waals surface area contributed by atoms with Gasteiger partial charge in [0.2, 0.25) is 15.9 Å². The number of carbonyl (C=O) groups is 1. The van der Waals surface area contributed by atoms with Crippen LogP contribution in [0.25, 0.3) is 0 Å². The van der Waals surface area contributed by atoms with E-state index < -0.39 is 15.4 Å². The van der Waals surface area contributed by atoms with E-state index in [4.69, 9.17) is 4.74 Å². The van der Waals surface area contributed by atoms with Crippen LogP contribution in [0.1, 0.15) is 26.2 Å². The third kappa shape index (κ3) is 3.76. The van der Waals surface area contributed by atoms with Crippen molar-refractivity contribution in [2.45, 2.75) is 26.2 Å². The van der Waals surface area contributed by atoms with E-state index in [1.165, 1.54) is 4.31 Å². The zero-order valence-electron chi connectivity index (χ0n) is 12.7. The molecule has 0 unspecified atom stereocenters. The number of morpholine rings is 1. The summed E-state index contributed by atoms with van der Waals surface area (Å²) in [4.78, 5) is 14.4. The fourth-order valence-corrected chi connectivity index (χ4v) is 4.41. The van der Waals surface area contributed by atoms with Gasteiger partial charge in [0.1, 0.15) is 0 Å². The Kier molecular flexibility index (Phi) is 5.27. The number of hydrogen-bond donors (Lipinski definition) is 0. The van der Waals surface area contributed by atoms with Crippen molar-refractivity contribution in [3.05, 3.63) is 6.92 Å². The van der Waals surface area contributed by atoms with Crippen molar-refractivity contribution in [1.82, 2.24) is 9.21 Å². The second kappa shape index (κ2) is 6.62. The summed E-state index contributed by atoms with van der Waals surface area (Å²) in [5.74, 6) is 0.215. The van der Waals surface area contributed by atoms with Gasteiger partial charge >= 0.3 is 0 Å². The molecule has 1 radical (unpaired) electrons. The molecule has 0 spiro atoms. The Bertz CT molecular complexity index is 463. The smallest absolute Gasteiger partial charge is 0.229 e. The lowest BCUT2D eigenvalue weighted by molar-refractivity contribution is -0.145. The summed E-state index contributed by atoms with van der Waals surface area (Å²) in [6.07, 6.45) is 1.60. The Labute approximate surface area is 127 Å². The first-order valence-electron chi connectivity index (χ1n) is 7.59. The quantitative estimate of drug-likeness (QED) is 0.757. The van der Waals surface area contributed by atoms with Crippen molar-refractivity contribution in [1.29, 1.82) is 0 Å². The van der Waals surface area contributed by atoms with Crippen LogP contribution in [0, 0.1) is 12.3 Å². The number of carbonyl (C=O) groups excluding carboxylic acids is 1. The minimum atomic E-state index is -3.17. The number of amides is 1. The van der Waals surface area contributed by atoms with Gasteiger partial charge in [-0.15, -0.1) is 0 Å². The van der Waals surface area contributed by atoms with Gasteiger partial charge < -0.3 is 9.64 Å². The zero-order valence-corrected chi connectivity index (χ0v) is 13.5. The summed E-state index contributed by atoms with van der Waals surface area (Å²) >= 11 is 0. The summed E-state index contributed by atoms with van der Waals surface area (Å²) < 4.78 is 30.9. The van der Waals surface area contributed by atoms with E-state index in [9.17, 15) is 13.2 Å². The number of hydrogen-bond acceptors (Lipinski definition) is 4. The van der Waals surface area contributed by atoms with Gasteiger partial charge in [-0.3, -0.25) is 4.79 Å². The first-order valence-corrected chi connectivity index (χ1v) is 9.20. The summed E-state index contributed by atoms with van der Waals surface area (Å²) in [5, 5.41) is 0. The molecule has 2 aliphatic rings. The highest BCUT2D eigenvalue weighted by Gasteiger charge is 2.42. The average molecular weight is 317 g/mol. The van der Waals surface area contributed by atoms with Crippen LogP contribution >= 0.6 is 0 Å². The first-order chi connectivity index (χ1) is 9.89. The van der Waals surface area contributed by atoms with E-state index in [1.54, 1.807) is 4.90 Å². The van der Waals surface area contributed by atoms with Gasteiger partial charge in [-0.25, -0.2) is 12.7 Å². The standard InChI is InChI=1S/C14H25N2O4S/c1-3-12-21(18,19)16-6-4-14(2,5-7-16)13(17)15-8-10-20-11-9-15/h2-12H2,1H3. The molecule has 21 heavy (non-hydrogen) atoms. The molecular formula is C14H25N2O4S. The molecule has 0 bridgehead atoms. The number of rotatable bonds is 4. The monoisotopic (exact) mass is 317 g/mol. The lowest BCUT2D eigenvalue weighted by Crippen LogP contribution is -2.52. The molecule has 0 N–H and O–H groups in total. The molecule has 0 aliphatic carbocycles. The van der Waals surface area contributed by atoms with Gasteiger partial charge in [-0.05, 0) is 26.2 Å². The molecule has 6 nitrogen and oxygen atoms in total. The second-order valence-electron chi connectivity index (χ2n) is 5.90. The van der Waals surface area contributed by atoms with Crippen LogP contribution < -0.4 is 0 Å². The topological polar surface area (TPSA) is 66.9 Å². The molecule has 1 amide bonds. The molecule has 0 saturated carbocycles. The van der Waals surface area contributed by atoms with Gasteiger partial charge in [-0.2, -0.15) is 0 Å². The van der Waals surface area contributed by atoms with Crippen molar-refractivity contribution in [3.8, 4) is 0 Å². The highest BCUT2D eigenvalue weighted by atomic mass is 32.2. The third-order valence-corrected chi connectivity index (χ3v) is 6.36. The van der Waals surface area contributed by atoms with Crippen LogP contribution in [0.4, 0.5) is 0 Å². The molecular weight excluding hydrogens is 292 g/mol. The van der Waals surface area contributed by atoms with Crippen molar-refractivity contribution in [2.24, 2.45) is 5.41 Å². The molecule has 0 aromatic carbocycles. The van der Waals surface area contributed by atoms with Crippen LogP contribution in [0.15, 0.2) is 0 Å². The van der Waals surface area contributed by atoms with Crippen molar-refractivity contribution in [2.75, 3.05) is 45.1 Å². The zero-order chi connectivity index (χ0) is 15.5. The summed E-state index contributed by atoms with van der Waals surface area (Å²) in [5.41, 5.74) is -0.685. The fourth-order valence-electron chi connectivity index (χ4n) is 2.90. The maximum absolute atomic E-state index is 12.6. The molecule has 7 heteroatoms. The Balaban J connectivity index is 1.96. The number of nitrogens with zero attached hydrogens (tertiary/aromatic N) is 2. The molecule has 121 valence electrons. The first kappa shape index (κ1) is 16.7. The molecule has 2 fully saturated rings. The van der Waals surface area contributed by atoms with E-state index >= 15 is 0 Å². The van der Waals surface area contributed by atoms with Crippen molar-refractivity contribution >= 4 is 15.9 Å². The maximum Gasteiger partial charge on any atom is 0.229 e. The summed E-state index contributed by atoms with van der Waals surface area (Å²) in [6.45, 7) is 9.10. The summed E-state index contributed by atoms with van der Waals surface area (Å²) in [6, 6.07) is 0. The fraction of sp³-hybridized carbons (Fsp3) is 0.857. The van der Waals surface area contributed by atoms with Crippen LogP contribution in [0.2, 0.25) is 0 Å². The van der Waals surface area contributed by atoms with Gasteiger partial charge in [0.25, 0.3) is 0 Å². The molecule has 2 saturated heterocycles. The Morgan fingerprint density at radius 3 is 2.29 bits per heavy atom. The van der Waals surface area contributed by atoms with E-state index in [0.29, 0.717) is 58.7 Å². The second-order valence-corrected chi connectivity index (χ2v) is 7.99. The van der Waals surface area contributed by atoms with Crippen LogP contribution in [-0.2, 0) is 19.6 Å². The maximum atomic E-state index is 12.6. The van der Waals surface area contributed by atoms with Crippen molar-refractivity contribution in [3.63, 3.8) is 0 Å². The minimum absolute atomic E-state index is 0.0401. The third-order valence-electron chi connectivity index (χ3n) is 4.29. The van der Waals surface area contributed by atoms with E-state index in [0.717, 1.165) is 0 Å². The van der Waals surface area contributed by atoms with Crippen LogP contribution in [0.5, 0.6) is 0 Å². The lowest BCUT2D eigenvalue weighted by Gasteiger charge is -2.41. The van der Waals surface area contributed by atoms with Gasteiger partial charge in [0.05, 0.1) is 24.4 Å². The van der Waals surface area contributed by atoms with Gasteiger partial charge in [-0.1, -0.05) is 6.92 Å². The molecule has 0 atom stereocenters. The minimum Gasteiger partial charge on any atom is -0.378 e. The van der Waals surface area contributed by atoms with E-state index in [-0.39, 0.29) is 11.7 Å². The molecule has 2 heterocycles. The van der Waals surface area contributed by atoms with Crippen LogP contribution in [0.3, 0.4) is 0 Å². The van der Waals surface area contributed by atoms with E-state index in [2.05, 4.69) is 6.92 Å². The predicted octanol–water partition coefficient (Wildman–Crippen LogP) is 0.501. The van der Waals surface area contributed by atoms with Crippen LogP contribution in [-0.4, -0.2) is 68.7 Å². The number of sulfonamides is 1. The molecule has 0 aromatic heterocycles. The molecule has 0 aromatic rings. The largest absolute Gasteiger partial charge is 0.378 e. The average Bonchev–Trinajstić information content (AvgIpc) is 2.48. The Morgan fingerprint density at radius 1 is 1.19 bits per heavy atom. The number of ether oxygens (including phenoxy) is 1. The van der Waals surface area contributed by atoms with E-state index in [1.807, 2.05) is 6.92 Å². The lowest BCUT2D eigenvalue weighted by atomic mass is 9.79. The Morgan fingerprint density at radius 2 is 1.76 bits per heavy atom.